The van der Waals surface area contributed by atoms with E-state index in [0.717, 1.165) is 24.9 Å². The molecule has 2 aromatic rings. The molecule has 1 aromatic heterocycles. The SMILES string of the molecule is CCCNC(Cc1ccc(C)cc1)c1cncnc1. The minimum Gasteiger partial charge on any atom is -0.310 e. The summed E-state index contributed by atoms with van der Waals surface area (Å²) in [5, 5.41) is 3.57. The summed E-state index contributed by atoms with van der Waals surface area (Å²) in [7, 11) is 0. The molecule has 3 heteroatoms. The van der Waals surface area contributed by atoms with Crippen LogP contribution in [0.1, 0.15) is 36.1 Å². The standard InChI is InChI=1S/C16H21N3/c1-3-8-19-16(15-10-17-12-18-11-15)9-14-6-4-13(2)5-7-14/h4-7,10-12,16,19H,3,8-9H2,1-2H3. The van der Waals surface area contributed by atoms with Crippen LogP contribution in [-0.2, 0) is 6.42 Å². The van der Waals surface area contributed by atoms with Crippen LogP contribution in [0.5, 0.6) is 0 Å². The molecule has 0 aliphatic rings. The van der Waals surface area contributed by atoms with Crippen LogP contribution in [-0.4, -0.2) is 16.5 Å². The molecule has 100 valence electrons. The van der Waals surface area contributed by atoms with Crippen LogP contribution in [0.15, 0.2) is 43.0 Å². The van der Waals surface area contributed by atoms with Gasteiger partial charge in [0.05, 0.1) is 0 Å². The van der Waals surface area contributed by atoms with Crippen molar-refractivity contribution in [3.63, 3.8) is 0 Å². The van der Waals surface area contributed by atoms with Crippen molar-refractivity contribution in [3.05, 3.63) is 59.7 Å². The molecule has 0 aliphatic heterocycles. The largest absolute Gasteiger partial charge is 0.310 e. The lowest BCUT2D eigenvalue weighted by atomic mass is 10.00. The molecule has 2 rings (SSSR count). The number of aromatic nitrogens is 2. The molecule has 19 heavy (non-hydrogen) atoms. The maximum Gasteiger partial charge on any atom is 0.115 e. The molecular weight excluding hydrogens is 234 g/mol. The zero-order chi connectivity index (χ0) is 13.5. The zero-order valence-electron chi connectivity index (χ0n) is 11.6. The third-order valence-electron chi connectivity index (χ3n) is 3.18. The molecule has 0 bridgehead atoms. The van der Waals surface area contributed by atoms with Gasteiger partial charge in [0.15, 0.2) is 0 Å². The fourth-order valence-electron chi connectivity index (χ4n) is 2.08. The van der Waals surface area contributed by atoms with Crippen molar-refractivity contribution in [1.29, 1.82) is 0 Å². The molecule has 1 N–H and O–H groups in total. The van der Waals surface area contributed by atoms with E-state index >= 15 is 0 Å². The van der Waals surface area contributed by atoms with Crippen LogP contribution >= 0.6 is 0 Å². The summed E-state index contributed by atoms with van der Waals surface area (Å²) in [6.45, 7) is 5.30. The van der Waals surface area contributed by atoms with E-state index in [9.17, 15) is 0 Å². The number of benzene rings is 1. The number of aryl methyl sites for hydroxylation is 1. The first kappa shape index (κ1) is 13.7. The Hall–Kier alpha value is -1.74. The molecule has 0 saturated carbocycles. The fourth-order valence-corrected chi connectivity index (χ4v) is 2.08. The van der Waals surface area contributed by atoms with Crippen LogP contribution in [0.3, 0.4) is 0 Å². The maximum absolute atomic E-state index is 4.12. The van der Waals surface area contributed by atoms with E-state index in [-0.39, 0.29) is 6.04 Å². The summed E-state index contributed by atoms with van der Waals surface area (Å²) >= 11 is 0. The molecule has 0 amide bonds. The van der Waals surface area contributed by atoms with E-state index in [4.69, 9.17) is 0 Å². The van der Waals surface area contributed by atoms with Crippen molar-refractivity contribution in [1.82, 2.24) is 15.3 Å². The highest BCUT2D eigenvalue weighted by Crippen LogP contribution is 2.17. The van der Waals surface area contributed by atoms with Crippen molar-refractivity contribution < 1.29 is 0 Å². The number of nitrogens with one attached hydrogen (secondary N) is 1. The van der Waals surface area contributed by atoms with Crippen LogP contribution in [0.25, 0.3) is 0 Å². The Balaban J connectivity index is 2.11. The van der Waals surface area contributed by atoms with Crippen molar-refractivity contribution >= 4 is 0 Å². The summed E-state index contributed by atoms with van der Waals surface area (Å²) in [6, 6.07) is 8.99. The Morgan fingerprint density at radius 2 is 1.79 bits per heavy atom. The minimum atomic E-state index is 0.281. The number of hydrogen-bond acceptors (Lipinski definition) is 3. The summed E-state index contributed by atoms with van der Waals surface area (Å²) in [5.74, 6) is 0. The molecule has 1 unspecified atom stereocenters. The second kappa shape index (κ2) is 7.00. The first-order valence-corrected chi connectivity index (χ1v) is 6.83. The van der Waals surface area contributed by atoms with Gasteiger partial charge in [0.1, 0.15) is 6.33 Å². The fraction of sp³-hybridized carbons (Fsp3) is 0.375. The predicted octanol–water partition coefficient (Wildman–Crippen LogP) is 3.07. The van der Waals surface area contributed by atoms with Crippen LogP contribution < -0.4 is 5.32 Å². The van der Waals surface area contributed by atoms with Gasteiger partial charge in [-0.05, 0) is 31.9 Å². The van der Waals surface area contributed by atoms with Gasteiger partial charge in [-0.1, -0.05) is 36.8 Å². The van der Waals surface area contributed by atoms with Gasteiger partial charge in [-0.2, -0.15) is 0 Å². The number of nitrogens with zero attached hydrogens (tertiary/aromatic N) is 2. The van der Waals surface area contributed by atoms with Crippen molar-refractivity contribution in [2.75, 3.05) is 6.54 Å². The molecule has 0 aliphatic carbocycles. The lowest BCUT2D eigenvalue weighted by Gasteiger charge is -2.18. The highest BCUT2D eigenvalue weighted by molar-refractivity contribution is 5.24. The average molecular weight is 255 g/mol. The van der Waals surface area contributed by atoms with Gasteiger partial charge >= 0.3 is 0 Å². The molecule has 0 radical (unpaired) electrons. The quantitative estimate of drug-likeness (QED) is 0.862. The minimum absolute atomic E-state index is 0.281. The van der Waals surface area contributed by atoms with Crippen LogP contribution in [0.4, 0.5) is 0 Å². The van der Waals surface area contributed by atoms with E-state index in [1.54, 1.807) is 6.33 Å². The first-order valence-electron chi connectivity index (χ1n) is 6.83. The molecule has 0 saturated heterocycles. The van der Waals surface area contributed by atoms with Gasteiger partial charge in [0.25, 0.3) is 0 Å². The number of rotatable bonds is 6. The first-order chi connectivity index (χ1) is 9.29. The average Bonchev–Trinajstić information content (AvgIpc) is 2.46. The second-order valence-corrected chi connectivity index (χ2v) is 4.87. The van der Waals surface area contributed by atoms with Crippen LogP contribution in [0.2, 0.25) is 0 Å². The Bertz CT molecular complexity index is 479. The van der Waals surface area contributed by atoms with Crippen molar-refractivity contribution in [2.24, 2.45) is 0 Å². The lowest BCUT2D eigenvalue weighted by Crippen LogP contribution is -2.24. The number of hydrogen-bond donors (Lipinski definition) is 1. The van der Waals surface area contributed by atoms with Crippen molar-refractivity contribution in [2.45, 2.75) is 32.7 Å². The Kier molecular flexibility index (Phi) is 5.04. The van der Waals surface area contributed by atoms with E-state index in [1.165, 1.54) is 11.1 Å². The molecule has 1 heterocycles. The van der Waals surface area contributed by atoms with Gasteiger partial charge in [-0.15, -0.1) is 0 Å². The maximum atomic E-state index is 4.12. The van der Waals surface area contributed by atoms with Crippen molar-refractivity contribution in [3.8, 4) is 0 Å². The zero-order valence-corrected chi connectivity index (χ0v) is 11.6. The Morgan fingerprint density at radius 1 is 1.11 bits per heavy atom. The molecule has 1 aromatic carbocycles. The molecule has 1 atom stereocenters. The lowest BCUT2D eigenvalue weighted by molar-refractivity contribution is 0.526. The van der Waals surface area contributed by atoms with Gasteiger partial charge in [0.2, 0.25) is 0 Å². The van der Waals surface area contributed by atoms with Gasteiger partial charge in [-0.25, -0.2) is 9.97 Å². The highest BCUT2D eigenvalue weighted by Gasteiger charge is 2.11. The predicted molar refractivity (Wildman–Crippen MR) is 77.9 cm³/mol. The van der Waals surface area contributed by atoms with E-state index in [2.05, 4.69) is 53.4 Å². The highest BCUT2D eigenvalue weighted by atomic mass is 14.9. The van der Waals surface area contributed by atoms with Gasteiger partial charge in [0, 0.05) is 24.0 Å². The topological polar surface area (TPSA) is 37.8 Å². The molecule has 0 spiro atoms. The molecule has 0 fully saturated rings. The second-order valence-electron chi connectivity index (χ2n) is 4.87. The van der Waals surface area contributed by atoms with E-state index in [1.807, 2.05) is 12.4 Å². The smallest absolute Gasteiger partial charge is 0.115 e. The normalized spacial score (nSPS) is 12.3. The van der Waals surface area contributed by atoms with E-state index in [0.29, 0.717) is 0 Å². The Morgan fingerprint density at radius 3 is 2.42 bits per heavy atom. The summed E-state index contributed by atoms with van der Waals surface area (Å²) in [4.78, 5) is 8.24. The summed E-state index contributed by atoms with van der Waals surface area (Å²) in [5.41, 5.74) is 3.78. The van der Waals surface area contributed by atoms with E-state index < -0.39 is 0 Å². The molecular formula is C16H21N3. The third-order valence-corrected chi connectivity index (χ3v) is 3.18. The Labute approximate surface area is 115 Å². The summed E-state index contributed by atoms with van der Waals surface area (Å²) in [6.07, 6.45) is 7.46. The van der Waals surface area contributed by atoms with Gasteiger partial charge in [-0.3, -0.25) is 0 Å². The van der Waals surface area contributed by atoms with Crippen LogP contribution in [0, 0.1) is 6.92 Å². The monoisotopic (exact) mass is 255 g/mol. The van der Waals surface area contributed by atoms with Gasteiger partial charge < -0.3 is 5.32 Å². The third kappa shape index (κ3) is 4.14. The molecule has 3 nitrogen and oxygen atoms in total. The summed E-state index contributed by atoms with van der Waals surface area (Å²) < 4.78 is 0.